The van der Waals surface area contributed by atoms with Crippen LogP contribution < -0.4 is 5.73 Å². The number of nitrogen functional groups attached to an aromatic ring is 1. The molecule has 0 spiro atoms. The first-order valence-electron chi connectivity index (χ1n) is 5.40. The van der Waals surface area contributed by atoms with Crippen LogP contribution in [-0.2, 0) is 0 Å². The molecule has 0 aliphatic rings. The smallest absolute Gasteiger partial charge is 0.180 e. The van der Waals surface area contributed by atoms with E-state index in [-0.39, 0.29) is 0 Å². The standard InChI is InChI=1S/C13H8Cl2N2OS/c14-7-1-2-8(9(15)5-7)11-3-4-12(18-11)10-6-19-13(16)17-10/h1-6H,(H2,16,17). The molecule has 2 N–H and O–H groups in total. The van der Waals surface area contributed by atoms with Gasteiger partial charge in [0.2, 0.25) is 0 Å². The van der Waals surface area contributed by atoms with Gasteiger partial charge < -0.3 is 10.2 Å². The van der Waals surface area contributed by atoms with E-state index in [2.05, 4.69) is 4.98 Å². The van der Waals surface area contributed by atoms with E-state index >= 15 is 0 Å². The van der Waals surface area contributed by atoms with Crippen LogP contribution in [0.1, 0.15) is 0 Å². The minimum atomic E-state index is 0.512. The number of anilines is 1. The fraction of sp³-hybridized carbons (Fsp3) is 0. The Kier molecular flexibility index (Phi) is 3.22. The first kappa shape index (κ1) is 12.5. The molecule has 0 radical (unpaired) electrons. The van der Waals surface area contributed by atoms with E-state index in [0.29, 0.717) is 26.7 Å². The maximum atomic E-state index is 6.15. The average Bonchev–Trinajstić information content (AvgIpc) is 2.97. The predicted molar refractivity (Wildman–Crippen MR) is 79.7 cm³/mol. The predicted octanol–water partition coefficient (Wildman–Crippen LogP) is 4.96. The van der Waals surface area contributed by atoms with Gasteiger partial charge in [-0.25, -0.2) is 4.98 Å². The number of rotatable bonds is 2. The van der Waals surface area contributed by atoms with Crippen LogP contribution in [0.5, 0.6) is 0 Å². The third-order valence-corrected chi connectivity index (χ3v) is 3.80. The Morgan fingerprint density at radius 1 is 1.11 bits per heavy atom. The molecule has 0 unspecified atom stereocenters. The van der Waals surface area contributed by atoms with Crippen LogP contribution in [0.3, 0.4) is 0 Å². The minimum absolute atomic E-state index is 0.512. The Morgan fingerprint density at radius 2 is 1.89 bits per heavy atom. The van der Waals surface area contributed by atoms with Gasteiger partial charge in [-0.3, -0.25) is 0 Å². The Hall–Kier alpha value is -1.49. The fourth-order valence-electron chi connectivity index (χ4n) is 1.71. The first-order valence-corrected chi connectivity index (χ1v) is 7.03. The van der Waals surface area contributed by atoms with Gasteiger partial charge in [-0.1, -0.05) is 23.2 Å². The van der Waals surface area contributed by atoms with Crippen molar-refractivity contribution in [3.8, 4) is 22.8 Å². The van der Waals surface area contributed by atoms with Gasteiger partial charge in [0.05, 0.1) is 5.02 Å². The lowest BCUT2D eigenvalue weighted by Crippen LogP contribution is -1.81. The van der Waals surface area contributed by atoms with Crippen molar-refractivity contribution < 1.29 is 4.42 Å². The summed E-state index contributed by atoms with van der Waals surface area (Å²) in [6.45, 7) is 0. The molecule has 3 aromatic rings. The molecule has 0 saturated carbocycles. The summed E-state index contributed by atoms with van der Waals surface area (Å²) >= 11 is 13.4. The average molecular weight is 311 g/mol. The van der Waals surface area contributed by atoms with E-state index < -0.39 is 0 Å². The maximum absolute atomic E-state index is 6.15. The molecule has 0 bridgehead atoms. The molecule has 0 saturated heterocycles. The van der Waals surface area contributed by atoms with Crippen LogP contribution in [0, 0.1) is 0 Å². The van der Waals surface area contributed by atoms with Crippen molar-refractivity contribution in [1.82, 2.24) is 4.98 Å². The second kappa shape index (κ2) is 4.89. The van der Waals surface area contributed by atoms with E-state index in [9.17, 15) is 0 Å². The molecule has 96 valence electrons. The van der Waals surface area contributed by atoms with Gasteiger partial charge in [-0.2, -0.15) is 0 Å². The number of hydrogen-bond donors (Lipinski definition) is 1. The molecule has 1 aromatic carbocycles. The van der Waals surface area contributed by atoms with E-state index in [1.54, 1.807) is 12.1 Å². The molecule has 0 atom stereocenters. The quantitative estimate of drug-likeness (QED) is 0.728. The van der Waals surface area contributed by atoms with Crippen molar-refractivity contribution in [2.45, 2.75) is 0 Å². The van der Waals surface area contributed by atoms with Crippen LogP contribution in [0.25, 0.3) is 22.8 Å². The van der Waals surface area contributed by atoms with Gasteiger partial charge in [-0.05, 0) is 30.3 Å². The zero-order chi connectivity index (χ0) is 13.4. The molecule has 2 aromatic heterocycles. The van der Waals surface area contributed by atoms with Crippen LogP contribution in [0.15, 0.2) is 40.1 Å². The summed E-state index contributed by atoms with van der Waals surface area (Å²) in [5.41, 5.74) is 7.12. The number of thiazole rings is 1. The Bertz CT molecular complexity index is 736. The number of aromatic nitrogens is 1. The van der Waals surface area contributed by atoms with Crippen molar-refractivity contribution in [3.05, 3.63) is 45.8 Å². The molecule has 3 nitrogen and oxygen atoms in total. The van der Waals surface area contributed by atoms with Gasteiger partial charge in [0.25, 0.3) is 0 Å². The van der Waals surface area contributed by atoms with Crippen LogP contribution in [0.2, 0.25) is 10.0 Å². The number of halogens is 2. The molecule has 2 heterocycles. The Balaban J connectivity index is 2.01. The van der Waals surface area contributed by atoms with Crippen molar-refractivity contribution >= 4 is 39.7 Å². The molecule has 0 aliphatic heterocycles. The zero-order valence-electron chi connectivity index (χ0n) is 9.56. The molecule has 19 heavy (non-hydrogen) atoms. The molecular weight excluding hydrogens is 303 g/mol. The molecule has 6 heteroatoms. The lowest BCUT2D eigenvalue weighted by atomic mass is 10.2. The van der Waals surface area contributed by atoms with Crippen molar-refractivity contribution in [3.63, 3.8) is 0 Å². The van der Waals surface area contributed by atoms with E-state index in [0.717, 1.165) is 11.3 Å². The first-order chi connectivity index (χ1) is 9.13. The highest BCUT2D eigenvalue weighted by atomic mass is 35.5. The Morgan fingerprint density at radius 3 is 2.58 bits per heavy atom. The normalized spacial score (nSPS) is 10.8. The highest BCUT2D eigenvalue weighted by Gasteiger charge is 2.12. The van der Waals surface area contributed by atoms with Crippen LogP contribution in [-0.4, -0.2) is 4.98 Å². The van der Waals surface area contributed by atoms with E-state index in [4.69, 9.17) is 33.4 Å². The zero-order valence-corrected chi connectivity index (χ0v) is 11.9. The summed E-state index contributed by atoms with van der Waals surface area (Å²) in [4.78, 5) is 4.17. The van der Waals surface area contributed by atoms with Gasteiger partial charge in [0.15, 0.2) is 10.9 Å². The Labute approximate surface area is 123 Å². The number of furan rings is 1. The molecule has 0 aliphatic carbocycles. The summed E-state index contributed by atoms with van der Waals surface area (Å²) in [5.74, 6) is 1.33. The molecule has 0 fully saturated rings. The number of nitrogens with two attached hydrogens (primary N) is 1. The monoisotopic (exact) mass is 310 g/mol. The van der Waals surface area contributed by atoms with Crippen LogP contribution >= 0.6 is 34.5 Å². The van der Waals surface area contributed by atoms with Gasteiger partial charge in [0, 0.05) is 16.0 Å². The summed E-state index contributed by atoms with van der Waals surface area (Å²) in [6.07, 6.45) is 0. The molecule has 3 rings (SSSR count). The minimum Gasteiger partial charge on any atom is -0.454 e. The van der Waals surface area contributed by atoms with E-state index in [1.165, 1.54) is 11.3 Å². The van der Waals surface area contributed by atoms with Gasteiger partial charge in [0.1, 0.15) is 11.5 Å². The molecule has 0 amide bonds. The topological polar surface area (TPSA) is 52.0 Å². The highest BCUT2D eigenvalue weighted by Crippen LogP contribution is 2.34. The van der Waals surface area contributed by atoms with Crippen molar-refractivity contribution in [2.75, 3.05) is 5.73 Å². The number of nitrogens with zero attached hydrogens (tertiary/aromatic N) is 1. The maximum Gasteiger partial charge on any atom is 0.180 e. The van der Waals surface area contributed by atoms with Gasteiger partial charge >= 0.3 is 0 Å². The van der Waals surface area contributed by atoms with Crippen molar-refractivity contribution in [1.29, 1.82) is 0 Å². The fourth-order valence-corrected chi connectivity index (χ4v) is 2.76. The second-order valence-electron chi connectivity index (χ2n) is 3.86. The lowest BCUT2D eigenvalue weighted by Gasteiger charge is -2.00. The SMILES string of the molecule is Nc1nc(-c2ccc(-c3ccc(Cl)cc3Cl)o2)cs1. The summed E-state index contributed by atoms with van der Waals surface area (Å²) in [6, 6.07) is 8.96. The highest BCUT2D eigenvalue weighted by molar-refractivity contribution is 7.13. The number of hydrogen-bond acceptors (Lipinski definition) is 4. The third-order valence-electron chi connectivity index (χ3n) is 2.58. The van der Waals surface area contributed by atoms with E-state index in [1.807, 2.05) is 23.6 Å². The van der Waals surface area contributed by atoms with Gasteiger partial charge in [-0.15, -0.1) is 11.3 Å². The third kappa shape index (κ3) is 2.47. The lowest BCUT2D eigenvalue weighted by molar-refractivity contribution is 0.595. The second-order valence-corrected chi connectivity index (χ2v) is 5.59. The number of benzene rings is 1. The van der Waals surface area contributed by atoms with Crippen LogP contribution in [0.4, 0.5) is 5.13 Å². The summed E-state index contributed by atoms with van der Waals surface area (Å²) in [7, 11) is 0. The summed E-state index contributed by atoms with van der Waals surface area (Å²) < 4.78 is 5.75. The summed E-state index contributed by atoms with van der Waals surface area (Å²) in [5, 5.41) is 3.50. The largest absolute Gasteiger partial charge is 0.454 e. The molecular formula is C13H8Cl2N2OS. The van der Waals surface area contributed by atoms with Crippen molar-refractivity contribution in [2.24, 2.45) is 0 Å².